The summed E-state index contributed by atoms with van der Waals surface area (Å²) >= 11 is 3.28. The van der Waals surface area contributed by atoms with Crippen LogP contribution in [0, 0.1) is 0 Å². The molecule has 0 saturated heterocycles. The number of hydrogen-bond acceptors (Lipinski definition) is 2. The Bertz CT molecular complexity index is 465. The first kappa shape index (κ1) is 11.3. The Labute approximate surface area is 103 Å². The summed E-state index contributed by atoms with van der Waals surface area (Å²) in [6, 6.07) is 13.3. The highest BCUT2D eigenvalue weighted by Gasteiger charge is 2.25. The van der Waals surface area contributed by atoms with Crippen LogP contribution >= 0.6 is 15.9 Å². The van der Waals surface area contributed by atoms with Crippen LogP contribution in [0.25, 0.3) is 0 Å². The molecule has 1 aromatic heterocycles. The number of pyridine rings is 1. The van der Waals surface area contributed by atoms with Crippen LogP contribution in [0.2, 0.25) is 0 Å². The molecule has 0 unspecified atom stereocenters. The zero-order valence-electron chi connectivity index (χ0n) is 8.89. The Kier molecular flexibility index (Phi) is 3.08. The quantitative estimate of drug-likeness (QED) is 0.856. The number of hydrogen-bond donors (Lipinski definition) is 1. The van der Waals surface area contributed by atoms with Crippen molar-refractivity contribution in [3.05, 3.63) is 64.4 Å². The summed E-state index contributed by atoms with van der Waals surface area (Å²) in [5, 5.41) is 10.5. The second-order valence-electron chi connectivity index (χ2n) is 3.81. The Morgan fingerprint density at radius 3 is 2.31 bits per heavy atom. The minimum atomic E-state index is -1.00. The van der Waals surface area contributed by atoms with Crippen molar-refractivity contribution in [1.29, 1.82) is 0 Å². The van der Waals surface area contributed by atoms with Crippen LogP contribution in [0.5, 0.6) is 0 Å². The summed E-state index contributed by atoms with van der Waals surface area (Å²) in [7, 11) is 0. The van der Waals surface area contributed by atoms with Crippen LogP contribution < -0.4 is 0 Å². The van der Waals surface area contributed by atoms with Crippen LogP contribution in [-0.4, -0.2) is 10.1 Å². The lowest BCUT2D eigenvalue weighted by Gasteiger charge is -2.24. The highest BCUT2D eigenvalue weighted by Crippen LogP contribution is 2.28. The van der Waals surface area contributed by atoms with Crippen LogP contribution in [0.4, 0.5) is 0 Å². The molecule has 1 N–H and O–H groups in total. The zero-order valence-corrected chi connectivity index (χ0v) is 10.5. The predicted molar refractivity (Wildman–Crippen MR) is 67.1 cm³/mol. The molecule has 1 aromatic carbocycles. The van der Waals surface area contributed by atoms with Crippen LogP contribution in [0.1, 0.15) is 18.1 Å². The van der Waals surface area contributed by atoms with Crippen molar-refractivity contribution in [2.24, 2.45) is 0 Å². The average Bonchev–Trinajstić information content (AvgIpc) is 2.31. The van der Waals surface area contributed by atoms with Gasteiger partial charge >= 0.3 is 0 Å². The zero-order chi connectivity index (χ0) is 11.6. The minimum Gasteiger partial charge on any atom is -0.381 e. The molecule has 0 radical (unpaired) electrons. The number of halogens is 1. The standard InChI is InChI=1S/C13H12BrNO/c1-13(16,10-5-3-2-4-6-10)11-7-8-12(14)15-9-11/h2-9,16H,1H3/t13-/m0/s1. The molecule has 0 saturated carbocycles. The first-order chi connectivity index (χ1) is 7.60. The van der Waals surface area contributed by atoms with Gasteiger partial charge in [0.2, 0.25) is 0 Å². The van der Waals surface area contributed by atoms with E-state index < -0.39 is 5.60 Å². The molecule has 16 heavy (non-hydrogen) atoms. The maximum atomic E-state index is 10.5. The molecular formula is C13H12BrNO. The number of rotatable bonds is 2. The van der Waals surface area contributed by atoms with E-state index in [1.807, 2.05) is 42.5 Å². The molecule has 0 bridgehead atoms. The third kappa shape index (κ3) is 2.15. The lowest BCUT2D eigenvalue weighted by atomic mass is 9.89. The van der Waals surface area contributed by atoms with Gasteiger partial charge in [0.15, 0.2) is 0 Å². The fourth-order valence-electron chi connectivity index (χ4n) is 1.59. The predicted octanol–water partition coefficient (Wildman–Crippen LogP) is 3.10. The summed E-state index contributed by atoms with van der Waals surface area (Å²) in [4.78, 5) is 4.13. The van der Waals surface area contributed by atoms with Gasteiger partial charge < -0.3 is 5.11 Å². The van der Waals surface area contributed by atoms with Gasteiger partial charge in [-0.1, -0.05) is 36.4 Å². The van der Waals surface area contributed by atoms with Gasteiger partial charge in [-0.15, -0.1) is 0 Å². The smallest absolute Gasteiger partial charge is 0.113 e. The molecule has 0 aliphatic rings. The Morgan fingerprint density at radius 2 is 1.75 bits per heavy atom. The molecule has 2 rings (SSSR count). The summed E-state index contributed by atoms with van der Waals surface area (Å²) < 4.78 is 0.764. The van der Waals surface area contributed by atoms with E-state index in [0.717, 1.165) is 15.7 Å². The summed E-state index contributed by atoms with van der Waals surface area (Å²) in [5.74, 6) is 0. The highest BCUT2D eigenvalue weighted by atomic mass is 79.9. The fourth-order valence-corrected chi connectivity index (χ4v) is 1.83. The van der Waals surface area contributed by atoms with Crippen molar-refractivity contribution < 1.29 is 5.11 Å². The van der Waals surface area contributed by atoms with E-state index in [9.17, 15) is 5.11 Å². The van der Waals surface area contributed by atoms with Gasteiger partial charge in [0.05, 0.1) is 0 Å². The molecular weight excluding hydrogens is 266 g/mol. The molecule has 82 valence electrons. The minimum absolute atomic E-state index is 0.764. The highest BCUT2D eigenvalue weighted by molar-refractivity contribution is 9.10. The van der Waals surface area contributed by atoms with Crippen molar-refractivity contribution >= 4 is 15.9 Å². The van der Waals surface area contributed by atoms with Gasteiger partial charge in [-0.2, -0.15) is 0 Å². The van der Waals surface area contributed by atoms with Gasteiger partial charge in [-0.25, -0.2) is 4.98 Å². The molecule has 1 heterocycles. The second kappa shape index (κ2) is 4.36. The van der Waals surface area contributed by atoms with Crippen LogP contribution in [-0.2, 0) is 5.60 Å². The number of nitrogens with zero attached hydrogens (tertiary/aromatic N) is 1. The van der Waals surface area contributed by atoms with E-state index >= 15 is 0 Å². The van der Waals surface area contributed by atoms with Crippen LogP contribution in [0.3, 0.4) is 0 Å². The summed E-state index contributed by atoms with van der Waals surface area (Å²) in [6.45, 7) is 1.77. The fraction of sp³-hybridized carbons (Fsp3) is 0.154. The largest absolute Gasteiger partial charge is 0.381 e. The molecule has 0 spiro atoms. The average molecular weight is 278 g/mol. The van der Waals surface area contributed by atoms with Crippen molar-refractivity contribution in [1.82, 2.24) is 4.98 Å². The van der Waals surface area contributed by atoms with E-state index in [4.69, 9.17) is 0 Å². The molecule has 0 aliphatic carbocycles. The van der Waals surface area contributed by atoms with E-state index in [1.165, 1.54) is 0 Å². The van der Waals surface area contributed by atoms with Gasteiger partial charge in [0, 0.05) is 11.8 Å². The lowest BCUT2D eigenvalue weighted by Crippen LogP contribution is -2.22. The van der Waals surface area contributed by atoms with E-state index in [1.54, 1.807) is 13.1 Å². The normalized spacial score (nSPS) is 14.4. The van der Waals surface area contributed by atoms with Crippen molar-refractivity contribution in [2.75, 3.05) is 0 Å². The molecule has 0 fully saturated rings. The van der Waals surface area contributed by atoms with Crippen LogP contribution in [0.15, 0.2) is 53.3 Å². The maximum Gasteiger partial charge on any atom is 0.113 e. The van der Waals surface area contributed by atoms with Gasteiger partial charge in [0.25, 0.3) is 0 Å². The lowest BCUT2D eigenvalue weighted by molar-refractivity contribution is 0.102. The van der Waals surface area contributed by atoms with Gasteiger partial charge in [0.1, 0.15) is 10.2 Å². The molecule has 0 amide bonds. The first-order valence-electron chi connectivity index (χ1n) is 5.00. The summed E-state index contributed by atoms with van der Waals surface area (Å²) in [5.41, 5.74) is 0.635. The number of aliphatic hydroxyl groups is 1. The SMILES string of the molecule is C[C@](O)(c1ccccc1)c1ccc(Br)nc1. The van der Waals surface area contributed by atoms with Crippen molar-refractivity contribution in [3.63, 3.8) is 0 Å². The van der Waals surface area contributed by atoms with Crippen molar-refractivity contribution in [3.8, 4) is 0 Å². The summed E-state index contributed by atoms with van der Waals surface area (Å²) in [6.07, 6.45) is 1.68. The number of benzene rings is 1. The van der Waals surface area contributed by atoms with E-state index in [0.29, 0.717) is 0 Å². The molecule has 1 atom stereocenters. The Balaban J connectivity index is 2.43. The molecule has 0 aliphatic heterocycles. The first-order valence-corrected chi connectivity index (χ1v) is 5.80. The molecule has 2 nitrogen and oxygen atoms in total. The van der Waals surface area contributed by atoms with Gasteiger partial charge in [-0.05, 0) is 34.5 Å². The van der Waals surface area contributed by atoms with Gasteiger partial charge in [-0.3, -0.25) is 0 Å². The monoisotopic (exact) mass is 277 g/mol. The topological polar surface area (TPSA) is 33.1 Å². The van der Waals surface area contributed by atoms with E-state index in [2.05, 4.69) is 20.9 Å². The molecule has 3 heteroatoms. The Hall–Kier alpha value is -1.19. The third-order valence-electron chi connectivity index (χ3n) is 2.63. The number of aromatic nitrogens is 1. The second-order valence-corrected chi connectivity index (χ2v) is 4.62. The third-order valence-corrected chi connectivity index (χ3v) is 3.09. The molecule has 2 aromatic rings. The van der Waals surface area contributed by atoms with E-state index in [-0.39, 0.29) is 0 Å². The van der Waals surface area contributed by atoms with Crippen molar-refractivity contribution in [2.45, 2.75) is 12.5 Å². The maximum absolute atomic E-state index is 10.5. The Morgan fingerprint density at radius 1 is 1.06 bits per heavy atom.